The number of hydrazine groups is 1. The normalized spacial score (nSPS) is 9.78. The average molecular weight is 371 g/mol. The smallest absolute Gasteiger partial charge is 0.338 e. The van der Waals surface area contributed by atoms with E-state index in [0.29, 0.717) is 11.8 Å². The van der Waals surface area contributed by atoms with Crippen molar-refractivity contribution in [3.63, 3.8) is 0 Å². The van der Waals surface area contributed by atoms with Gasteiger partial charge in [0.25, 0.3) is 17.5 Å². The highest BCUT2D eigenvalue weighted by molar-refractivity contribution is 5.96. The van der Waals surface area contributed by atoms with E-state index in [1.165, 1.54) is 42.5 Å². The first-order valence-electron chi connectivity index (χ1n) is 7.46. The van der Waals surface area contributed by atoms with E-state index in [9.17, 15) is 29.3 Å². The third kappa shape index (κ3) is 5.46. The van der Waals surface area contributed by atoms with Crippen molar-refractivity contribution in [3.8, 4) is 0 Å². The molecule has 2 amide bonds. The molecule has 0 fully saturated rings. The molecule has 10 nitrogen and oxygen atoms in total. The lowest BCUT2D eigenvalue weighted by atomic mass is 10.1. The Balaban J connectivity index is 1.82. The van der Waals surface area contributed by atoms with Crippen LogP contribution in [-0.2, 0) is 9.53 Å². The molecule has 0 aliphatic rings. The molecule has 0 bridgehead atoms. The van der Waals surface area contributed by atoms with E-state index in [2.05, 4.69) is 5.43 Å². The second-order valence-corrected chi connectivity index (χ2v) is 5.13. The number of hydrogen-bond acceptors (Lipinski definition) is 7. The first kappa shape index (κ1) is 19.2. The first-order chi connectivity index (χ1) is 12.9. The standard InChI is InChI=1S/C17H13N3O7/c21-9-11-4-6-12(7-5-11)17(24)27-10-15(22)18-19-16(23)13-2-1-3-14(8-13)20(25)26/h1-9H,10H2,(H,18,22)(H,19,23). The highest BCUT2D eigenvalue weighted by atomic mass is 16.6. The predicted octanol–water partition coefficient (Wildman–Crippen LogP) is 1.03. The number of amides is 2. The highest BCUT2D eigenvalue weighted by Crippen LogP contribution is 2.12. The Morgan fingerprint density at radius 2 is 1.74 bits per heavy atom. The van der Waals surface area contributed by atoms with Gasteiger partial charge in [-0.1, -0.05) is 18.2 Å². The van der Waals surface area contributed by atoms with E-state index in [-0.39, 0.29) is 16.8 Å². The number of rotatable bonds is 6. The zero-order valence-electron chi connectivity index (χ0n) is 13.7. The first-order valence-corrected chi connectivity index (χ1v) is 7.46. The third-order valence-electron chi connectivity index (χ3n) is 3.25. The van der Waals surface area contributed by atoms with Crippen molar-refractivity contribution >= 4 is 29.8 Å². The van der Waals surface area contributed by atoms with Crippen molar-refractivity contribution in [3.05, 3.63) is 75.3 Å². The van der Waals surface area contributed by atoms with Gasteiger partial charge in [0.1, 0.15) is 6.29 Å². The molecule has 2 aromatic rings. The molecule has 0 aliphatic heterocycles. The molecular formula is C17H13N3O7. The Kier molecular flexibility index (Phi) is 6.31. The second-order valence-electron chi connectivity index (χ2n) is 5.13. The third-order valence-corrected chi connectivity index (χ3v) is 3.25. The number of non-ortho nitro benzene ring substituents is 1. The number of carbonyl (C=O) groups excluding carboxylic acids is 4. The van der Waals surface area contributed by atoms with Gasteiger partial charge in [0.15, 0.2) is 6.61 Å². The van der Waals surface area contributed by atoms with E-state index in [0.717, 1.165) is 6.07 Å². The molecule has 0 heterocycles. The summed E-state index contributed by atoms with van der Waals surface area (Å²) in [6.07, 6.45) is 0.618. The molecule has 0 atom stereocenters. The van der Waals surface area contributed by atoms with Gasteiger partial charge in [-0.05, 0) is 18.2 Å². The number of nitrogens with zero attached hydrogens (tertiary/aromatic N) is 1. The van der Waals surface area contributed by atoms with Crippen LogP contribution in [0.25, 0.3) is 0 Å². The maximum atomic E-state index is 11.9. The quantitative estimate of drug-likeness (QED) is 0.334. The van der Waals surface area contributed by atoms with Gasteiger partial charge in [0.05, 0.1) is 10.5 Å². The molecule has 0 unspecified atom stereocenters. The molecule has 0 spiro atoms. The van der Waals surface area contributed by atoms with Crippen molar-refractivity contribution in [2.24, 2.45) is 0 Å². The molecule has 138 valence electrons. The molecular weight excluding hydrogens is 358 g/mol. The van der Waals surface area contributed by atoms with E-state index in [1.807, 2.05) is 5.43 Å². The van der Waals surface area contributed by atoms with Crippen LogP contribution in [0.2, 0.25) is 0 Å². The molecule has 2 rings (SSSR count). The minimum atomic E-state index is -0.813. The number of carbonyl (C=O) groups is 4. The number of aldehydes is 1. The van der Waals surface area contributed by atoms with Gasteiger partial charge in [0.2, 0.25) is 0 Å². The number of hydrogen-bond donors (Lipinski definition) is 2. The number of benzene rings is 2. The molecule has 0 aliphatic carbocycles. The molecule has 27 heavy (non-hydrogen) atoms. The molecule has 2 aromatic carbocycles. The Hall–Kier alpha value is -4.08. The molecule has 0 saturated heterocycles. The minimum Gasteiger partial charge on any atom is -0.452 e. The zero-order chi connectivity index (χ0) is 19.8. The summed E-state index contributed by atoms with van der Waals surface area (Å²) in [5, 5.41) is 10.7. The van der Waals surface area contributed by atoms with Crippen LogP contribution in [0.5, 0.6) is 0 Å². The summed E-state index contributed by atoms with van der Waals surface area (Å²) in [6, 6.07) is 10.5. The van der Waals surface area contributed by atoms with E-state index >= 15 is 0 Å². The number of ether oxygens (including phenoxy) is 1. The van der Waals surface area contributed by atoms with Gasteiger partial charge in [-0.2, -0.15) is 0 Å². The van der Waals surface area contributed by atoms with Gasteiger partial charge >= 0.3 is 5.97 Å². The number of nitro benzene ring substituents is 1. The SMILES string of the molecule is O=Cc1ccc(C(=O)OCC(=O)NNC(=O)c2cccc([N+](=O)[O-])c2)cc1. The minimum absolute atomic E-state index is 0.0308. The summed E-state index contributed by atoms with van der Waals surface area (Å²) in [4.78, 5) is 55.8. The van der Waals surface area contributed by atoms with Crippen molar-refractivity contribution in [1.82, 2.24) is 10.9 Å². The van der Waals surface area contributed by atoms with Crippen LogP contribution in [0.3, 0.4) is 0 Å². The highest BCUT2D eigenvalue weighted by Gasteiger charge is 2.13. The summed E-state index contributed by atoms with van der Waals surface area (Å²) in [6.45, 7) is -0.663. The van der Waals surface area contributed by atoms with Gasteiger partial charge in [-0.25, -0.2) is 4.79 Å². The van der Waals surface area contributed by atoms with Gasteiger partial charge in [-0.3, -0.25) is 35.3 Å². The van der Waals surface area contributed by atoms with Crippen molar-refractivity contribution in [2.75, 3.05) is 6.61 Å². The largest absolute Gasteiger partial charge is 0.452 e. The lowest BCUT2D eigenvalue weighted by molar-refractivity contribution is -0.384. The number of nitrogens with one attached hydrogen (secondary N) is 2. The van der Waals surface area contributed by atoms with Gasteiger partial charge in [-0.15, -0.1) is 0 Å². The Morgan fingerprint density at radius 1 is 1.04 bits per heavy atom. The summed E-state index contributed by atoms with van der Waals surface area (Å²) < 4.78 is 4.77. The van der Waals surface area contributed by atoms with Crippen LogP contribution in [0, 0.1) is 10.1 Å². The zero-order valence-corrected chi connectivity index (χ0v) is 13.7. The maximum Gasteiger partial charge on any atom is 0.338 e. The lowest BCUT2D eigenvalue weighted by Gasteiger charge is -2.08. The summed E-state index contributed by atoms with van der Waals surface area (Å²) in [5.74, 6) is -2.37. The average Bonchev–Trinajstić information content (AvgIpc) is 2.70. The summed E-state index contributed by atoms with van der Waals surface area (Å²) in [5.41, 5.74) is 4.30. The second kappa shape index (κ2) is 8.85. The van der Waals surface area contributed by atoms with Crippen LogP contribution in [0.1, 0.15) is 31.1 Å². The Morgan fingerprint density at radius 3 is 2.37 bits per heavy atom. The predicted molar refractivity (Wildman–Crippen MR) is 90.8 cm³/mol. The van der Waals surface area contributed by atoms with Gasteiger partial charge < -0.3 is 4.74 Å². The van der Waals surface area contributed by atoms with Crippen LogP contribution >= 0.6 is 0 Å². The van der Waals surface area contributed by atoms with Crippen molar-refractivity contribution in [1.29, 1.82) is 0 Å². The van der Waals surface area contributed by atoms with Crippen molar-refractivity contribution < 1.29 is 28.8 Å². The van der Waals surface area contributed by atoms with Gasteiger partial charge in [0, 0.05) is 23.3 Å². The van der Waals surface area contributed by atoms with Crippen molar-refractivity contribution in [2.45, 2.75) is 0 Å². The van der Waals surface area contributed by atoms with Crippen LogP contribution in [0.4, 0.5) is 5.69 Å². The van der Waals surface area contributed by atoms with E-state index < -0.39 is 29.3 Å². The molecule has 0 saturated carbocycles. The van der Waals surface area contributed by atoms with Crippen LogP contribution in [-0.4, -0.2) is 35.6 Å². The number of esters is 1. The monoisotopic (exact) mass is 371 g/mol. The molecule has 0 radical (unpaired) electrons. The lowest BCUT2D eigenvalue weighted by Crippen LogP contribution is -2.43. The summed E-state index contributed by atoms with van der Waals surface area (Å²) >= 11 is 0. The fourth-order valence-electron chi connectivity index (χ4n) is 1.91. The van der Waals surface area contributed by atoms with Crippen LogP contribution < -0.4 is 10.9 Å². The topological polar surface area (TPSA) is 145 Å². The fraction of sp³-hybridized carbons (Fsp3) is 0.0588. The summed E-state index contributed by atoms with van der Waals surface area (Å²) in [7, 11) is 0. The fourth-order valence-corrected chi connectivity index (χ4v) is 1.91. The molecule has 0 aromatic heterocycles. The number of nitro groups is 1. The molecule has 2 N–H and O–H groups in total. The van der Waals surface area contributed by atoms with E-state index in [1.54, 1.807) is 0 Å². The van der Waals surface area contributed by atoms with E-state index in [4.69, 9.17) is 4.74 Å². The Labute approximate surface area is 152 Å². The molecule has 10 heteroatoms. The Bertz CT molecular complexity index is 894. The van der Waals surface area contributed by atoms with Crippen LogP contribution in [0.15, 0.2) is 48.5 Å². The maximum absolute atomic E-state index is 11.9.